The van der Waals surface area contributed by atoms with Gasteiger partial charge in [-0.25, -0.2) is 0 Å². The summed E-state index contributed by atoms with van der Waals surface area (Å²) in [4.78, 5) is 22.8. The average Bonchev–Trinajstić information content (AvgIpc) is 3.10. The van der Waals surface area contributed by atoms with Gasteiger partial charge in [0.15, 0.2) is 0 Å². The molecule has 0 aromatic carbocycles. The summed E-state index contributed by atoms with van der Waals surface area (Å²) in [6.45, 7) is 11.4. The van der Waals surface area contributed by atoms with Crippen molar-refractivity contribution < 1.29 is 24.2 Å². The lowest BCUT2D eigenvalue weighted by atomic mass is 10.0. The van der Waals surface area contributed by atoms with Gasteiger partial charge < -0.3 is 30.2 Å². The number of carbonyl (C=O) groups is 2. The highest BCUT2D eigenvalue weighted by Crippen LogP contribution is 2.22. The van der Waals surface area contributed by atoms with Crippen LogP contribution in [0.4, 0.5) is 6.01 Å². The molecule has 1 aromatic heterocycles. The van der Waals surface area contributed by atoms with Crippen molar-refractivity contribution in [2.75, 3.05) is 31.1 Å². The second-order valence-corrected chi connectivity index (χ2v) is 6.47. The average molecular weight is 402 g/mol. The van der Waals surface area contributed by atoms with Crippen molar-refractivity contribution in [1.29, 1.82) is 0 Å². The number of piperidine rings is 1. The van der Waals surface area contributed by atoms with Crippen LogP contribution in [0.3, 0.4) is 0 Å². The molecule has 0 unspecified atom stereocenters. The number of anilines is 1. The fourth-order valence-corrected chi connectivity index (χ4v) is 2.93. The predicted octanol–water partition coefficient (Wildman–Crippen LogP) is 1.80. The Morgan fingerprint density at radius 2 is 1.57 bits per heavy atom. The number of rotatable bonds is 7. The lowest BCUT2D eigenvalue weighted by molar-refractivity contribution is -0.135. The van der Waals surface area contributed by atoms with Crippen molar-refractivity contribution in [3.8, 4) is 0 Å². The Morgan fingerprint density at radius 3 is 1.93 bits per heavy atom. The van der Waals surface area contributed by atoms with Crippen LogP contribution < -0.4 is 10.6 Å². The number of aromatic nitrogens is 2. The molecule has 162 valence electrons. The third-order valence-electron chi connectivity index (χ3n) is 3.90. The van der Waals surface area contributed by atoms with Gasteiger partial charge in [0, 0.05) is 33.0 Å². The Bertz CT molecular complexity index is 532. The van der Waals surface area contributed by atoms with Gasteiger partial charge in [0.25, 0.3) is 11.9 Å². The van der Waals surface area contributed by atoms with Crippen molar-refractivity contribution >= 4 is 18.0 Å². The van der Waals surface area contributed by atoms with Crippen molar-refractivity contribution in [3.05, 3.63) is 5.89 Å². The van der Waals surface area contributed by atoms with E-state index >= 15 is 0 Å². The summed E-state index contributed by atoms with van der Waals surface area (Å²) < 4.78 is 5.53. The summed E-state index contributed by atoms with van der Waals surface area (Å²) in [6, 6.07) is 1.32. The van der Waals surface area contributed by atoms with E-state index in [2.05, 4.69) is 33.8 Å². The fourth-order valence-electron chi connectivity index (χ4n) is 2.93. The van der Waals surface area contributed by atoms with E-state index in [4.69, 9.17) is 30.0 Å². The zero-order valence-electron chi connectivity index (χ0n) is 17.4. The normalized spacial score (nSPS) is 14.0. The molecule has 10 heteroatoms. The summed E-state index contributed by atoms with van der Waals surface area (Å²) in [6.07, 6.45) is 4.79. The number of hydrogen-bond donors (Lipinski definition) is 3. The Balaban J connectivity index is 0.000000776. The first-order valence-electron chi connectivity index (χ1n) is 9.65. The summed E-state index contributed by atoms with van der Waals surface area (Å²) in [5.74, 6) is -1.15. The molecule has 28 heavy (non-hydrogen) atoms. The van der Waals surface area contributed by atoms with Crippen LogP contribution in [0.2, 0.25) is 0 Å². The third kappa shape index (κ3) is 11.5. The Hall–Kier alpha value is -2.20. The quantitative estimate of drug-likeness (QED) is 0.618. The molecule has 0 aliphatic carbocycles. The molecule has 1 aromatic rings. The van der Waals surface area contributed by atoms with Crippen LogP contribution in [0.15, 0.2) is 4.42 Å². The molecule has 0 atom stereocenters. The molecule has 0 bridgehead atoms. The third-order valence-corrected chi connectivity index (χ3v) is 3.90. The van der Waals surface area contributed by atoms with Crippen molar-refractivity contribution in [2.45, 2.75) is 66.0 Å². The monoisotopic (exact) mass is 401 g/mol. The molecular weight excluding hydrogens is 366 g/mol. The number of carboxylic acid groups (broad SMARTS) is 2. The number of aliphatic carboxylic acids is 2. The van der Waals surface area contributed by atoms with E-state index < -0.39 is 11.9 Å². The van der Waals surface area contributed by atoms with Crippen molar-refractivity contribution in [1.82, 2.24) is 15.1 Å². The Kier molecular flexibility index (Phi) is 13.6. The first kappa shape index (κ1) is 25.8. The Labute approximate surface area is 166 Å². The van der Waals surface area contributed by atoms with Crippen LogP contribution in [0.25, 0.3) is 0 Å². The van der Waals surface area contributed by atoms with Crippen molar-refractivity contribution in [2.24, 2.45) is 5.73 Å². The van der Waals surface area contributed by atoms with Gasteiger partial charge in [-0.05, 0) is 38.8 Å². The SMILES string of the molecule is CC(=O)O.CC(=O)O.CCCN(CCC)C1CCN(c2nnc(CN)o2)CC1. The van der Waals surface area contributed by atoms with Gasteiger partial charge in [-0.3, -0.25) is 9.59 Å². The van der Waals surface area contributed by atoms with Crippen LogP contribution in [0.1, 0.15) is 59.3 Å². The zero-order chi connectivity index (χ0) is 21.5. The molecule has 2 heterocycles. The van der Waals surface area contributed by atoms with E-state index in [1.165, 1.54) is 38.8 Å². The van der Waals surface area contributed by atoms with Crippen LogP contribution in [-0.2, 0) is 16.1 Å². The molecule has 0 radical (unpaired) electrons. The molecule has 1 aliphatic heterocycles. The standard InChI is InChI=1S/C14H27N5O.2C2H4O2/c1-3-7-18(8-4-2)12-5-9-19(10-6-12)14-17-16-13(11-15)20-14;2*1-2(3)4/h12H,3-11,15H2,1-2H3;2*1H3,(H,3,4). The summed E-state index contributed by atoms with van der Waals surface area (Å²) >= 11 is 0. The van der Waals surface area contributed by atoms with Crippen LogP contribution in [0, 0.1) is 0 Å². The van der Waals surface area contributed by atoms with E-state index in [1.54, 1.807) is 0 Å². The molecule has 0 saturated carbocycles. The summed E-state index contributed by atoms with van der Waals surface area (Å²) in [5.41, 5.74) is 5.50. The number of nitrogens with zero attached hydrogens (tertiary/aromatic N) is 4. The Morgan fingerprint density at radius 1 is 1.11 bits per heavy atom. The van der Waals surface area contributed by atoms with E-state index in [0.717, 1.165) is 26.9 Å². The zero-order valence-corrected chi connectivity index (χ0v) is 17.4. The minimum absolute atomic E-state index is 0.310. The minimum Gasteiger partial charge on any atom is -0.481 e. The smallest absolute Gasteiger partial charge is 0.318 e. The predicted molar refractivity (Wildman–Crippen MR) is 106 cm³/mol. The molecule has 0 amide bonds. The van der Waals surface area contributed by atoms with Gasteiger partial charge in [-0.1, -0.05) is 18.9 Å². The van der Waals surface area contributed by atoms with Gasteiger partial charge >= 0.3 is 6.01 Å². The first-order chi connectivity index (χ1) is 13.2. The maximum Gasteiger partial charge on any atom is 0.318 e. The fraction of sp³-hybridized carbons (Fsp3) is 0.778. The molecule has 1 fully saturated rings. The summed E-state index contributed by atoms with van der Waals surface area (Å²) in [7, 11) is 0. The lowest BCUT2D eigenvalue weighted by Crippen LogP contribution is -2.45. The van der Waals surface area contributed by atoms with E-state index in [-0.39, 0.29) is 0 Å². The molecule has 2 rings (SSSR count). The largest absolute Gasteiger partial charge is 0.481 e. The molecule has 1 aliphatic rings. The van der Waals surface area contributed by atoms with Crippen LogP contribution in [0.5, 0.6) is 0 Å². The van der Waals surface area contributed by atoms with E-state index in [9.17, 15) is 0 Å². The minimum atomic E-state index is -0.833. The van der Waals surface area contributed by atoms with Gasteiger partial charge in [0.2, 0.25) is 5.89 Å². The highest BCUT2D eigenvalue weighted by atomic mass is 16.4. The molecular formula is C18H35N5O5. The molecule has 1 saturated heterocycles. The first-order valence-corrected chi connectivity index (χ1v) is 9.65. The highest BCUT2D eigenvalue weighted by molar-refractivity contribution is 5.63. The van der Waals surface area contributed by atoms with E-state index in [1.807, 2.05) is 0 Å². The maximum atomic E-state index is 9.00. The molecule has 4 N–H and O–H groups in total. The topological polar surface area (TPSA) is 146 Å². The number of nitrogens with two attached hydrogens (primary N) is 1. The number of carboxylic acids is 2. The van der Waals surface area contributed by atoms with Crippen LogP contribution >= 0.6 is 0 Å². The second kappa shape index (κ2) is 14.8. The second-order valence-electron chi connectivity index (χ2n) is 6.47. The van der Waals surface area contributed by atoms with Gasteiger partial charge in [0.1, 0.15) is 0 Å². The van der Waals surface area contributed by atoms with Gasteiger partial charge in [-0.15, -0.1) is 5.10 Å². The number of hydrogen-bond acceptors (Lipinski definition) is 8. The highest BCUT2D eigenvalue weighted by Gasteiger charge is 2.26. The van der Waals surface area contributed by atoms with Gasteiger partial charge in [-0.2, -0.15) is 0 Å². The molecule has 0 spiro atoms. The molecule has 10 nitrogen and oxygen atoms in total. The van der Waals surface area contributed by atoms with Crippen LogP contribution in [-0.4, -0.2) is 69.5 Å². The van der Waals surface area contributed by atoms with E-state index in [0.29, 0.717) is 24.5 Å². The lowest BCUT2D eigenvalue weighted by Gasteiger charge is -2.37. The maximum absolute atomic E-state index is 9.00. The van der Waals surface area contributed by atoms with Gasteiger partial charge in [0.05, 0.1) is 6.54 Å². The van der Waals surface area contributed by atoms with Crippen molar-refractivity contribution in [3.63, 3.8) is 0 Å². The summed E-state index contributed by atoms with van der Waals surface area (Å²) in [5, 5.41) is 22.8.